The Morgan fingerprint density at radius 1 is 1.04 bits per heavy atom. The summed E-state index contributed by atoms with van der Waals surface area (Å²) in [5.41, 5.74) is 6.31. The van der Waals surface area contributed by atoms with Crippen LogP contribution in [0.15, 0.2) is 66.9 Å². The molecule has 1 saturated heterocycles. The van der Waals surface area contributed by atoms with E-state index in [1.54, 1.807) is 18.1 Å². The van der Waals surface area contributed by atoms with Crippen molar-refractivity contribution in [1.82, 2.24) is 9.88 Å². The summed E-state index contributed by atoms with van der Waals surface area (Å²) in [6, 6.07) is 20.2. The molecule has 2 unspecified atom stereocenters. The minimum absolute atomic E-state index is 0.0461. The van der Waals surface area contributed by atoms with Gasteiger partial charge in [0, 0.05) is 41.8 Å². The van der Waals surface area contributed by atoms with E-state index in [4.69, 9.17) is 0 Å². The third-order valence-corrected chi connectivity index (χ3v) is 6.90. The Morgan fingerprint density at radius 2 is 1.82 bits per heavy atom. The maximum Gasteiger partial charge on any atom is 0.224 e. The van der Waals surface area contributed by atoms with E-state index in [2.05, 4.69) is 24.0 Å². The van der Waals surface area contributed by atoms with Crippen molar-refractivity contribution in [1.29, 1.82) is 0 Å². The van der Waals surface area contributed by atoms with Crippen LogP contribution in [0.3, 0.4) is 0 Å². The number of aryl methyl sites for hydroxylation is 1. The molecular formula is C23H22N2O2S. The Morgan fingerprint density at radius 3 is 2.54 bits per heavy atom. The lowest BCUT2D eigenvalue weighted by Gasteiger charge is -2.32. The molecular weight excluding hydrogens is 368 g/mol. The van der Waals surface area contributed by atoms with Crippen LogP contribution in [0.25, 0.3) is 22.4 Å². The molecule has 2 atom stereocenters. The van der Waals surface area contributed by atoms with E-state index in [1.807, 2.05) is 48.5 Å². The fraction of sp³-hybridized carbons (Fsp3) is 0.217. The highest BCUT2D eigenvalue weighted by molar-refractivity contribution is 7.85. The molecule has 1 aliphatic heterocycles. The first-order valence-electron chi connectivity index (χ1n) is 9.30. The first-order chi connectivity index (χ1) is 13.6. The van der Waals surface area contributed by atoms with Crippen molar-refractivity contribution in [3.63, 3.8) is 0 Å². The van der Waals surface area contributed by atoms with Gasteiger partial charge >= 0.3 is 0 Å². The largest absolute Gasteiger partial charge is 0.327 e. The third kappa shape index (κ3) is 3.38. The number of carbonyl (C=O) groups excluding carboxylic acids is 1. The Balaban J connectivity index is 1.74. The highest BCUT2D eigenvalue weighted by Gasteiger charge is 2.32. The van der Waals surface area contributed by atoms with Crippen molar-refractivity contribution < 1.29 is 9.00 Å². The second-order valence-electron chi connectivity index (χ2n) is 7.03. The molecule has 0 radical (unpaired) electrons. The van der Waals surface area contributed by atoms with E-state index >= 15 is 0 Å². The highest BCUT2D eigenvalue weighted by atomic mass is 32.2. The van der Waals surface area contributed by atoms with Crippen molar-refractivity contribution in [2.75, 3.05) is 12.8 Å². The molecule has 4 rings (SSSR count). The number of pyridine rings is 1. The van der Waals surface area contributed by atoms with E-state index in [1.165, 1.54) is 5.56 Å². The molecule has 4 nitrogen and oxygen atoms in total. The van der Waals surface area contributed by atoms with E-state index < -0.39 is 10.8 Å². The predicted octanol–water partition coefficient (Wildman–Crippen LogP) is 4.33. The lowest BCUT2D eigenvalue weighted by atomic mass is 9.93. The molecule has 28 heavy (non-hydrogen) atoms. The average molecular weight is 391 g/mol. The van der Waals surface area contributed by atoms with Gasteiger partial charge in [-0.25, -0.2) is 0 Å². The second kappa shape index (κ2) is 7.68. The van der Waals surface area contributed by atoms with Gasteiger partial charge in [-0.05, 0) is 41.3 Å². The van der Waals surface area contributed by atoms with E-state index in [-0.39, 0.29) is 11.3 Å². The number of nitrogens with zero attached hydrogens (tertiary/aromatic N) is 2. The molecule has 5 heteroatoms. The molecule has 1 amide bonds. The number of benzene rings is 2. The van der Waals surface area contributed by atoms with Gasteiger partial charge in [-0.3, -0.25) is 14.0 Å². The molecule has 0 saturated carbocycles. The molecule has 0 aliphatic carbocycles. The van der Waals surface area contributed by atoms with Crippen molar-refractivity contribution in [2.24, 2.45) is 0 Å². The molecule has 1 aliphatic rings. The van der Waals surface area contributed by atoms with Gasteiger partial charge in [-0.1, -0.05) is 48.5 Å². The zero-order valence-electron chi connectivity index (χ0n) is 16.0. The number of rotatable bonds is 3. The first kappa shape index (κ1) is 18.6. The second-order valence-corrected chi connectivity index (χ2v) is 8.64. The molecule has 3 aromatic rings. The Labute approximate surface area is 167 Å². The lowest BCUT2D eigenvalue weighted by molar-refractivity contribution is -0.130. The molecule has 2 heterocycles. The number of aromatic nitrogens is 1. The maximum absolute atomic E-state index is 12.5. The van der Waals surface area contributed by atoms with Crippen LogP contribution in [-0.2, 0) is 15.6 Å². The third-order valence-electron chi connectivity index (χ3n) is 5.21. The molecule has 1 aromatic heterocycles. The van der Waals surface area contributed by atoms with Crippen LogP contribution in [0.5, 0.6) is 0 Å². The summed E-state index contributed by atoms with van der Waals surface area (Å²) >= 11 is 0. The maximum atomic E-state index is 12.5. The van der Waals surface area contributed by atoms with Gasteiger partial charge in [-0.15, -0.1) is 0 Å². The summed E-state index contributed by atoms with van der Waals surface area (Å²) < 4.78 is 12.5. The summed E-state index contributed by atoms with van der Waals surface area (Å²) in [4.78, 5) is 18.2. The SMILES string of the molecule is Cc1cccc(-c2ccc(C3N(C)C(=O)CCS3=O)cc2)c1-c1ccccn1. The van der Waals surface area contributed by atoms with Crippen molar-refractivity contribution in [3.05, 3.63) is 78.0 Å². The van der Waals surface area contributed by atoms with Crippen molar-refractivity contribution >= 4 is 16.7 Å². The fourth-order valence-corrected chi connectivity index (χ4v) is 5.27. The van der Waals surface area contributed by atoms with Crippen LogP contribution in [-0.4, -0.2) is 32.8 Å². The van der Waals surface area contributed by atoms with Gasteiger partial charge in [0.2, 0.25) is 5.91 Å². The standard InChI is InChI=1S/C23H22N2O2S/c1-16-6-5-7-19(22(16)20-8-3-4-14-24-20)17-9-11-18(12-10-17)23-25(2)21(26)13-15-28(23)27/h3-12,14,23H,13,15H2,1-2H3. The smallest absolute Gasteiger partial charge is 0.224 e. The van der Waals surface area contributed by atoms with Gasteiger partial charge < -0.3 is 4.90 Å². The average Bonchev–Trinajstić information content (AvgIpc) is 2.72. The first-order valence-corrected chi connectivity index (χ1v) is 10.7. The van der Waals surface area contributed by atoms with Gasteiger partial charge in [0.05, 0.1) is 5.69 Å². The normalized spacial score (nSPS) is 19.6. The minimum atomic E-state index is -1.07. The molecule has 0 bridgehead atoms. The highest BCUT2D eigenvalue weighted by Crippen LogP contribution is 2.35. The summed E-state index contributed by atoms with van der Waals surface area (Å²) in [5.74, 6) is 0.474. The van der Waals surface area contributed by atoms with Gasteiger partial charge in [-0.2, -0.15) is 0 Å². The summed E-state index contributed by atoms with van der Waals surface area (Å²) in [6.07, 6.45) is 2.16. The van der Waals surface area contributed by atoms with Crippen LogP contribution in [0, 0.1) is 6.92 Å². The quantitative estimate of drug-likeness (QED) is 0.669. The van der Waals surface area contributed by atoms with E-state index in [0.29, 0.717) is 12.2 Å². The topological polar surface area (TPSA) is 50.3 Å². The van der Waals surface area contributed by atoms with Gasteiger partial charge in [0.1, 0.15) is 5.37 Å². The Hall–Kier alpha value is -2.79. The van der Waals surface area contributed by atoms with Gasteiger partial charge in [0.15, 0.2) is 0 Å². The minimum Gasteiger partial charge on any atom is -0.327 e. The number of hydrogen-bond acceptors (Lipinski definition) is 3. The molecule has 0 N–H and O–H groups in total. The Bertz CT molecular complexity index is 1030. The summed E-state index contributed by atoms with van der Waals surface area (Å²) in [7, 11) is 0.660. The van der Waals surface area contributed by atoms with E-state index in [0.717, 1.165) is 27.9 Å². The molecule has 2 aromatic carbocycles. The number of carbonyl (C=O) groups is 1. The summed E-state index contributed by atoms with van der Waals surface area (Å²) in [5, 5.41) is -0.372. The monoisotopic (exact) mass is 390 g/mol. The zero-order valence-corrected chi connectivity index (χ0v) is 16.8. The van der Waals surface area contributed by atoms with Crippen LogP contribution in [0.1, 0.15) is 22.9 Å². The van der Waals surface area contributed by atoms with Crippen LogP contribution < -0.4 is 0 Å². The molecule has 0 spiro atoms. The lowest BCUT2D eigenvalue weighted by Crippen LogP contribution is -2.39. The van der Waals surface area contributed by atoms with E-state index in [9.17, 15) is 9.00 Å². The molecule has 142 valence electrons. The summed E-state index contributed by atoms with van der Waals surface area (Å²) in [6.45, 7) is 2.09. The van der Waals surface area contributed by atoms with Crippen LogP contribution >= 0.6 is 0 Å². The zero-order chi connectivity index (χ0) is 19.7. The number of amides is 1. The van der Waals surface area contributed by atoms with Crippen LogP contribution in [0.2, 0.25) is 0 Å². The van der Waals surface area contributed by atoms with Crippen molar-refractivity contribution in [3.8, 4) is 22.4 Å². The number of hydrogen-bond donors (Lipinski definition) is 0. The Kier molecular flexibility index (Phi) is 5.09. The predicted molar refractivity (Wildman–Crippen MR) is 113 cm³/mol. The van der Waals surface area contributed by atoms with Gasteiger partial charge in [0.25, 0.3) is 0 Å². The van der Waals surface area contributed by atoms with Crippen LogP contribution in [0.4, 0.5) is 0 Å². The van der Waals surface area contributed by atoms with Crippen molar-refractivity contribution in [2.45, 2.75) is 18.7 Å². The fourth-order valence-electron chi connectivity index (χ4n) is 3.74. The molecule has 1 fully saturated rings.